The summed E-state index contributed by atoms with van der Waals surface area (Å²) in [4.78, 5) is 25.8. The van der Waals surface area contributed by atoms with E-state index in [0.717, 1.165) is 42.7 Å². The van der Waals surface area contributed by atoms with Crippen molar-refractivity contribution >= 4 is 29.2 Å². The maximum atomic E-state index is 12.8. The molecule has 0 bridgehead atoms. The van der Waals surface area contributed by atoms with Gasteiger partial charge >= 0.3 is 5.97 Å². The fourth-order valence-electron chi connectivity index (χ4n) is 3.51. The van der Waals surface area contributed by atoms with E-state index < -0.39 is 5.97 Å². The monoisotopic (exact) mass is 400 g/mol. The first-order chi connectivity index (χ1) is 13.5. The Morgan fingerprint density at radius 2 is 1.68 bits per heavy atom. The number of halogens is 1. The number of anilines is 1. The molecule has 0 atom stereocenters. The molecular formula is C22H25ClN2O3. The molecule has 2 N–H and O–H groups in total. The quantitative estimate of drug-likeness (QED) is 0.738. The summed E-state index contributed by atoms with van der Waals surface area (Å²) in [6.45, 7) is 2.43. The van der Waals surface area contributed by atoms with Crippen LogP contribution in [0.4, 0.5) is 5.69 Å². The lowest BCUT2D eigenvalue weighted by atomic mass is 10.1. The number of rotatable bonds is 7. The highest BCUT2D eigenvalue weighted by Crippen LogP contribution is 2.27. The Bertz CT molecular complexity index is 830. The molecule has 0 aromatic heterocycles. The summed E-state index contributed by atoms with van der Waals surface area (Å²) < 4.78 is 0. The van der Waals surface area contributed by atoms with Crippen molar-refractivity contribution in [3.63, 3.8) is 0 Å². The molecular weight excluding hydrogens is 376 g/mol. The van der Waals surface area contributed by atoms with Crippen molar-refractivity contribution in [2.45, 2.75) is 32.1 Å². The number of hydrogen-bond acceptors (Lipinski definition) is 3. The van der Waals surface area contributed by atoms with Crippen LogP contribution in [0.1, 0.15) is 40.7 Å². The smallest absolute Gasteiger partial charge is 0.307 e. The van der Waals surface area contributed by atoms with Gasteiger partial charge < -0.3 is 15.3 Å². The summed E-state index contributed by atoms with van der Waals surface area (Å²) in [5, 5.41) is 12.4. The number of carbonyl (C=O) groups excluding carboxylic acids is 1. The molecule has 2 aromatic rings. The number of benzene rings is 2. The topological polar surface area (TPSA) is 69.6 Å². The molecule has 6 heteroatoms. The molecule has 28 heavy (non-hydrogen) atoms. The Kier molecular flexibility index (Phi) is 6.93. The average molecular weight is 401 g/mol. The highest BCUT2D eigenvalue weighted by atomic mass is 35.5. The van der Waals surface area contributed by atoms with Crippen molar-refractivity contribution in [3.05, 3.63) is 64.2 Å². The molecule has 0 aliphatic carbocycles. The third-order valence-electron chi connectivity index (χ3n) is 4.98. The maximum Gasteiger partial charge on any atom is 0.307 e. The zero-order valence-electron chi connectivity index (χ0n) is 15.8. The van der Waals surface area contributed by atoms with Crippen LogP contribution in [0.5, 0.6) is 0 Å². The number of nitrogens with one attached hydrogen (secondary N) is 1. The number of amides is 1. The molecule has 1 saturated heterocycles. The highest BCUT2D eigenvalue weighted by molar-refractivity contribution is 6.31. The zero-order chi connectivity index (χ0) is 19.9. The van der Waals surface area contributed by atoms with E-state index in [2.05, 4.69) is 10.2 Å². The first-order valence-electron chi connectivity index (χ1n) is 9.65. The van der Waals surface area contributed by atoms with Crippen LogP contribution in [0.15, 0.2) is 42.5 Å². The standard InChI is InChI=1S/C22H25ClN2O3/c23-18-8-9-20(25-12-2-1-3-13-25)19(15-18)22(28)24-11-10-16-4-6-17(7-5-16)14-21(26)27/h4-9,15H,1-3,10-14H2,(H,24,28)(H,26,27). The van der Waals surface area contributed by atoms with E-state index in [-0.39, 0.29) is 12.3 Å². The minimum Gasteiger partial charge on any atom is -0.481 e. The Morgan fingerprint density at radius 1 is 1.00 bits per heavy atom. The van der Waals surface area contributed by atoms with E-state index in [4.69, 9.17) is 16.7 Å². The second-order valence-corrected chi connectivity index (χ2v) is 7.54. The summed E-state index contributed by atoms with van der Waals surface area (Å²) in [7, 11) is 0. The van der Waals surface area contributed by atoms with Crippen LogP contribution in [0.25, 0.3) is 0 Å². The van der Waals surface area contributed by atoms with Crippen molar-refractivity contribution in [1.29, 1.82) is 0 Å². The van der Waals surface area contributed by atoms with E-state index in [0.29, 0.717) is 23.6 Å². The lowest BCUT2D eigenvalue weighted by molar-refractivity contribution is -0.136. The van der Waals surface area contributed by atoms with Crippen LogP contribution in [0.3, 0.4) is 0 Å². The summed E-state index contributed by atoms with van der Waals surface area (Å²) in [5.74, 6) is -0.961. The Balaban J connectivity index is 1.60. The number of piperidine rings is 1. The molecule has 1 amide bonds. The van der Waals surface area contributed by atoms with Crippen molar-refractivity contribution in [2.75, 3.05) is 24.5 Å². The van der Waals surface area contributed by atoms with Crippen LogP contribution >= 0.6 is 11.6 Å². The number of carboxylic acids is 1. The molecule has 2 aromatic carbocycles. The normalized spacial score (nSPS) is 14.0. The van der Waals surface area contributed by atoms with Gasteiger partial charge in [-0.2, -0.15) is 0 Å². The molecule has 1 aliphatic rings. The Hall–Kier alpha value is -2.53. The van der Waals surface area contributed by atoms with Crippen molar-refractivity contribution in [3.8, 4) is 0 Å². The Morgan fingerprint density at radius 3 is 2.36 bits per heavy atom. The van der Waals surface area contributed by atoms with Gasteiger partial charge in [-0.3, -0.25) is 9.59 Å². The van der Waals surface area contributed by atoms with Crippen molar-refractivity contribution in [2.24, 2.45) is 0 Å². The maximum absolute atomic E-state index is 12.8. The predicted molar refractivity (Wildman–Crippen MR) is 111 cm³/mol. The molecule has 148 valence electrons. The summed E-state index contributed by atoms with van der Waals surface area (Å²) in [6.07, 6.45) is 4.21. The number of nitrogens with zero attached hydrogens (tertiary/aromatic N) is 1. The van der Waals surface area contributed by atoms with Gasteiger partial charge in [0.15, 0.2) is 0 Å². The number of carboxylic acid groups (broad SMARTS) is 1. The van der Waals surface area contributed by atoms with Gasteiger partial charge in [-0.1, -0.05) is 35.9 Å². The fourth-order valence-corrected chi connectivity index (χ4v) is 3.69. The van der Waals surface area contributed by atoms with Crippen LogP contribution in [-0.4, -0.2) is 36.6 Å². The number of aliphatic carboxylic acids is 1. The zero-order valence-corrected chi connectivity index (χ0v) is 16.5. The third kappa shape index (κ3) is 5.49. The summed E-state index contributed by atoms with van der Waals surface area (Å²) in [6, 6.07) is 12.9. The van der Waals surface area contributed by atoms with Gasteiger partial charge in [0.1, 0.15) is 0 Å². The number of carbonyl (C=O) groups is 2. The van der Waals surface area contributed by atoms with Gasteiger partial charge in [0.25, 0.3) is 5.91 Å². The summed E-state index contributed by atoms with van der Waals surface area (Å²) >= 11 is 6.14. The Labute approximate surface area is 170 Å². The van der Waals surface area contributed by atoms with E-state index in [1.807, 2.05) is 36.4 Å². The fraction of sp³-hybridized carbons (Fsp3) is 0.364. The lowest BCUT2D eigenvalue weighted by Gasteiger charge is -2.30. The van der Waals surface area contributed by atoms with Gasteiger partial charge in [0, 0.05) is 30.3 Å². The van der Waals surface area contributed by atoms with Crippen LogP contribution in [-0.2, 0) is 17.6 Å². The van der Waals surface area contributed by atoms with Crippen LogP contribution in [0.2, 0.25) is 5.02 Å². The molecule has 0 unspecified atom stereocenters. The van der Waals surface area contributed by atoms with Crippen LogP contribution in [0, 0.1) is 0 Å². The van der Waals surface area contributed by atoms with Gasteiger partial charge in [-0.15, -0.1) is 0 Å². The number of hydrogen-bond donors (Lipinski definition) is 2. The lowest BCUT2D eigenvalue weighted by Crippen LogP contribution is -2.33. The van der Waals surface area contributed by atoms with Gasteiger partial charge in [-0.05, 0) is 55.0 Å². The second-order valence-electron chi connectivity index (χ2n) is 7.10. The largest absolute Gasteiger partial charge is 0.481 e. The average Bonchev–Trinajstić information content (AvgIpc) is 2.69. The van der Waals surface area contributed by atoms with Crippen LogP contribution < -0.4 is 10.2 Å². The first kappa shape index (κ1) is 20.2. The molecule has 1 aliphatic heterocycles. The highest BCUT2D eigenvalue weighted by Gasteiger charge is 2.18. The van der Waals surface area contributed by atoms with Crippen molar-refractivity contribution in [1.82, 2.24) is 5.32 Å². The first-order valence-corrected chi connectivity index (χ1v) is 10.0. The van der Waals surface area contributed by atoms with E-state index in [1.54, 1.807) is 6.07 Å². The van der Waals surface area contributed by atoms with Gasteiger partial charge in [0.05, 0.1) is 12.0 Å². The summed E-state index contributed by atoms with van der Waals surface area (Å²) in [5.41, 5.74) is 3.38. The van der Waals surface area contributed by atoms with Gasteiger partial charge in [-0.25, -0.2) is 0 Å². The van der Waals surface area contributed by atoms with E-state index >= 15 is 0 Å². The second kappa shape index (κ2) is 9.60. The van der Waals surface area contributed by atoms with Crippen molar-refractivity contribution < 1.29 is 14.7 Å². The SMILES string of the molecule is O=C(O)Cc1ccc(CCNC(=O)c2cc(Cl)ccc2N2CCCCC2)cc1. The molecule has 0 radical (unpaired) electrons. The molecule has 3 rings (SSSR count). The van der Waals surface area contributed by atoms with E-state index in [9.17, 15) is 9.59 Å². The molecule has 0 spiro atoms. The molecule has 1 fully saturated rings. The van der Waals surface area contributed by atoms with Gasteiger partial charge in [0.2, 0.25) is 0 Å². The minimum absolute atomic E-state index is 0.0189. The molecule has 5 nitrogen and oxygen atoms in total. The molecule has 0 saturated carbocycles. The van der Waals surface area contributed by atoms with E-state index in [1.165, 1.54) is 6.42 Å². The third-order valence-corrected chi connectivity index (χ3v) is 5.21. The minimum atomic E-state index is -0.842. The predicted octanol–water partition coefficient (Wildman–Crippen LogP) is 3.93. The molecule has 1 heterocycles.